The van der Waals surface area contributed by atoms with Crippen molar-refractivity contribution in [3.63, 3.8) is 0 Å². The number of nitrogens with one attached hydrogen (secondary N) is 1. The van der Waals surface area contributed by atoms with Crippen LogP contribution < -0.4 is 15.0 Å². The van der Waals surface area contributed by atoms with E-state index in [0.29, 0.717) is 12.4 Å². The van der Waals surface area contributed by atoms with Gasteiger partial charge in [-0.2, -0.15) is 0 Å². The SMILES string of the molecule is COc1ccc(N2CCC(C(=O)NCCc3ccccc3)CC2)nn1. The summed E-state index contributed by atoms with van der Waals surface area (Å²) in [5, 5.41) is 11.2. The lowest BCUT2D eigenvalue weighted by atomic mass is 9.96. The van der Waals surface area contributed by atoms with E-state index in [1.807, 2.05) is 30.3 Å². The highest BCUT2D eigenvalue weighted by molar-refractivity contribution is 5.79. The standard InChI is InChI=1S/C19H24N4O2/c1-25-18-8-7-17(21-22-18)23-13-10-16(11-14-23)19(24)20-12-9-15-5-3-2-4-6-15/h2-8,16H,9-14H2,1H3,(H,20,24). The number of carbonyl (C=O) groups is 1. The van der Waals surface area contributed by atoms with Crippen molar-refractivity contribution in [2.45, 2.75) is 19.3 Å². The molecule has 1 aliphatic heterocycles. The fourth-order valence-corrected chi connectivity index (χ4v) is 3.08. The molecule has 1 aromatic heterocycles. The van der Waals surface area contributed by atoms with Crippen LogP contribution in [0.25, 0.3) is 0 Å². The van der Waals surface area contributed by atoms with Crippen molar-refractivity contribution in [1.82, 2.24) is 15.5 Å². The number of hydrogen-bond acceptors (Lipinski definition) is 5. The van der Waals surface area contributed by atoms with Crippen molar-refractivity contribution in [2.24, 2.45) is 5.92 Å². The van der Waals surface area contributed by atoms with E-state index in [9.17, 15) is 4.79 Å². The van der Waals surface area contributed by atoms with Gasteiger partial charge in [0.1, 0.15) is 0 Å². The average Bonchev–Trinajstić information content (AvgIpc) is 2.69. The van der Waals surface area contributed by atoms with Crippen LogP contribution in [0.4, 0.5) is 5.82 Å². The molecule has 0 unspecified atom stereocenters. The molecule has 2 aromatic rings. The lowest BCUT2D eigenvalue weighted by Crippen LogP contribution is -2.41. The molecule has 0 spiro atoms. The third-order valence-corrected chi connectivity index (χ3v) is 4.58. The van der Waals surface area contributed by atoms with E-state index < -0.39 is 0 Å². The van der Waals surface area contributed by atoms with Gasteiger partial charge in [0.05, 0.1) is 7.11 Å². The normalized spacial score (nSPS) is 15.0. The molecule has 0 aliphatic carbocycles. The molecule has 1 N–H and O–H groups in total. The van der Waals surface area contributed by atoms with Crippen molar-refractivity contribution in [3.8, 4) is 5.88 Å². The summed E-state index contributed by atoms with van der Waals surface area (Å²) in [6.07, 6.45) is 2.54. The number of amides is 1. The minimum Gasteiger partial charge on any atom is -0.480 e. The van der Waals surface area contributed by atoms with Gasteiger partial charge in [0.15, 0.2) is 5.82 Å². The molecule has 132 valence electrons. The average molecular weight is 340 g/mol. The second kappa shape index (κ2) is 8.46. The van der Waals surface area contributed by atoms with Gasteiger partial charge in [-0.15, -0.1) is 10.2 Å². The zero-order valence-corrected chi connectivity index (χ0v) is 14.5. The van der Waals surface area contributed by atoms with Crippen molar-refractivity contribution < 1.29 is 9.53 Å². The minimum absolute atomic E-state index is 0.0817. The highest BCUT2D eigenvalue weighted by atomic mass is 16.5. The van der Waals surface area contributed by atoms with Gasteiger partial charge in [-0.05, 0) is 30.9 Å². The van der Waals surface area contributed by atoms with Crippen LogP contribution in [-0.4, -0.2) is 42.8 Å². The molecule has 1 aliphatic rings. The smallest absolute Gasteiger partial charge is 0.233 e. The zero-order valence-electron chi connectivity index (χ0n) is 14.5. The van der Waals surface area contributed by atoms with E-state index in [4.69, 9.17) is 4.74 Å². The molecule has 3 rings (SSSR count). The molecule has 1 aromatic carbocycles. The van der Waals surface area contributed by atoms with E-state index >= 15 is 0 Å². The van der Waals surface area contributed by atoms with Gasteiger partial charge in [0.25, 0.3) is 0 Å². The minimum atomic E-state index is 0.0817. The fourth-order valence-electron chi connectivity index (χ4n) is 3.08. The molecule has 0 saturated carbocycles. The number of anilines is 1. The predicted molar refractivity (Wildman–Crippen MR) is 96.7 cm³/mol. The summed E-state index contributed by atoms with van der Waals surface area (Å²) in [4.78, 5) is 14.5. The van der Waals surface area contributed by atoms with Gasteiger partial charge in [-0.3, -0.25) is 4.79 Å². The van der Waals surface area contributed by atoms with Crippen molar-refractivity contribution in [1.29, 1.82) is 0 Å². The summed E-state index contributed by atoms with van der Waals surface area (Å²) in [5.74, 6) is 1.59. The Kier molecular flexibility index (Phi) is 5.82. The third-order valence-electron chi connectivity index (χ3n) is 4.58. The van der Waals surface area contributed by atoms with E-state index in [1.54, 1.807) is 7.11 Å². The maximum atomic E-state index is 12.3. The van der Waals surface area contributed by atoms with Gasteiger partial charge < -0.3 is 15.0 Å². The Bertz CT molecular complexity index is 668. The molecule has 1 saturated heterocycles. The second-order valence-corrected chi connectivity index (χ2v) is 6.22. The van der Waals surface area contributed by atoms with Crippen molar-refractivity contribution in [3.05, 3.63) is 48.0 Å². The highest BCUT2D eigenvalue weighted by Crippen LogP contribution is 2.22. The van der Waals surface area contributed by atoms with Crippen LogP contribution in [0, 0.1) is 5.92 Å². The predicted octanol–water partition coefficient (Wildman–Crippen LogP) is 2.06. The summed E-state index contributed by atoms with van der Waals surface area (Å²) in [6, 6.07) is 13.9. The third kappa shape index (κ3) is 4.68. The molecule has 0 bridgehead atoms. The number of aromatic nitrogens is 2. The zero-order chi connectivity index (χ0) is 17.5. The van der Waals surface area contributed by atoms with E-state index in [-0.39, 0.29) is 11.8 Å². The fraction of sp³-hybridized carbons (Fsp3) is 0.421. The van der Waals surface area contributed by atoms with Gasteiger partial charge in [0.2, 0.25) is 11.8 Å². The van der Waals surface area contributed by atoms with Crippen LogP contribution in [0.3, 0.4) is 0 Å². The van der Waals surface area contributed by atoms with E-state index in [2.05, 4.69) is 32.5 Å². The number of benzene rings is 1. The summed E-state index contributed by atoms with van der Waals surface area (Å²) >= 11 is 0. The van der Waals surface area contributed by atoms with Crippen LogP contribution in [0.1, 0.15) is 18.4 Å². The first-order valence-electron chi connectivity index (χ1n) is 8.70. The van der Waals surface area contributed by atoms with Gasteiger partial charge in [0, 0.05) is 31.6 Å². The van der Waals surface area contributed by atoms with E-state index in [1.165, 1.54) is 5.56 Å². The summed E-state index contributed by atoms with van der Waals surface area (Å²) < 4.78 is 5.03. The molecule has 0 atom stereocenters. The van der Waals surface area contributed by atoms with Crippen LogP contribution in [-0.2, 0) is 11.2 Å². The molecular weight excluding hydrogens is 316 g/mol. The first kappa shape index (κ1) is 17.2. The summed E-state index contributed by atoms with van der Waals surface area (Å²) in [6.45, 7) is 2.32. The van der Waals surface area contributed by atoms with Crippen molar-refractivity contribution in [2.75, 3.05) is 31.6 Å². The highest BCUT2D eigenvalue weighted by Gasteiger charge is 2.25. The number of hydrogen-bond donors (Lipinski definition) is 1. The Labute approximate surface area is 148 Å². The van der Waals surface area contributed by atoms with Gasteiger partial charge in [-0.25, -0.2) is 0 Å². The first-order valence-corrected chi connectivity index (χ1v) is 8.70. The Morgan fingerprint density at radius 2 is 1.92 bits per heavy atom. The molecule has 2 heterocycles. The maximum absolute atomic E-state index is 12.3. The number of nitrogens with zero attached hydrogens (tertiary/aromatic N) is 3. The molecule has 1 amide bonds. The number of methoxy groups -OCH3 is 1. The molecular formula is C19H24N4O2. The van der Waals surface area contributed by atoms with Crippen molar-refractivity contribution >= 4 is 11.7 Å². The number of piperidine rings is 1. The van der Waals surface area contributed by atoms with Crippen LogP contribution in [0.2, 0.25) is 0 Å². The topological polar surface area (TPSA) is 67.3 Å². The molecule has 25 heavy (non-hydrogen) atoms. The Hall–Kier alpha value is -2.63. The second-order valence-electron chi connectivity index (χ2n) is 6.22. The largest absolute Gasteiger partial charge is 0.480 e. The van der Waals surface area contributed by atoms with Crippen LogP contribution in [0.15, 0.2) is 42.5 Å². The van der Waals surface area contributed by atoms with Gasteiger partial charge in [-0.1, -0.05) is 30.3 Å². The Balaban J connectivity index is 1.42. The number of rotatable bonds is 6. The maximum Gasteiger partial charge on any atom is 0.233 e. The molecule has 6 heteroatoms. The molecule has 0 radical (unpaired) electrons. The Morgan fingerprint density at radius 1 is 1.16 bits per heavy atom. The summed E-state index contributed by atoms with van der Waals surface area (Å²) in [7, 11) is 1.57. The number of ether oxygens (including phenoxy) is 1. The number of carbonyl (C=O) groups excluding carboxylic acids is 1. The quantitative estimate of drug-likeness (QED) is 0.872. The van der Waals surface area contributed by atoms with Gasteiger partial charge >= 0.3 is 0 Å². The lowest BCUT2D eigenvalue weighted by molar-refractivity contribution is -0.125. The Morgan fingerprint density at radius 3 is 2.56 bits per heavy atom. The first-order chi connectivity index (χ1) is 12.3. The van der Waals surface area contributed by atoms with E-state index in [0.717, 1.165) is 38.2 Å². The lowest BCUT2D eigenvalue weighted by Gasteiger charge is -2.31. The van der Waals surface area contributed by atoms with Crippen LogP contribution in [0.5, 0.6) is 5.88 Å². The summed E-state index contributed by atoms with van der Waals surface area (Å²) in [5.41, 5.74) is 1.25. The van der Waals surface area contributed by atoms with Crippen LogP contribution >= 0.6 is 0 Å². The molecule has 1 fully saturated rings. The molecule has 6 nitrogen and oxygen atoms in total. The monoisotopic (exact) mass is 340 g/mol.